The lowest BCUT2D eigenvalue weighted by atomic mass is 10.1. The third-order valence-corrected chi connectivity index (χ3v) is 4.13. The maximum Gasteiger partial charge on any atom is 0.251 e. The molecule has 136 valence electrons. The average Bonchev–Trinajstić information content (AvgIpc) is 3.02. The summed E-state index contributed by atoms with van der Waals surface area (Å²) in [6, 6.07) is 12.9. The second-order valence-electron chi connectivity index (χ2n) is 5.90. The molecule has 26 heavy (non-hydrogen) atoms. The van der Waals surface area contributed by atoms with Gasteiger partial charge in [0.25, 0.3) is 5.91 Å². The van der Waals surface area contributed by atoms with Gasteiger partial charge in [0.1, 0.15) is 5.52 Å². The molecule has 0 fully saturated rings. The highest BCUT2D eigenvalue weighted by atomic mass is 35.5. The highest BCUT2D eigenvalue weighted by Gasteiger charge is 2.11. The molecule has 0 bridgehead atoms. The molecule has 6 heteroatoms. The number of carbonyl (C=O) groups excluding carboxylic acids is 1. The molecule has 2 aromatic carbocycles. The second kappa shape index (κ2) is 8.83. The van der Waals surface area contributed by atoms with E-state index in [1.54, 1.807) is 18.2 Å². The molecule has 0 spiro atoms. The van der Waals surface area contributed by atoms with Gasteiger partial charge in [-0.3, -0.25) is 4.79 Å². The van der Waals surface area contributed by atoms with Crippen molar-refractivity contribution in [1.82, 2.24) is 10.3 Å². The van der Waals surface area contributed by atoms with Crippen molar-refractivity contribution in [3.8, 4) is 0 Å². The second-order valence-corrected chi connectivity index (χ2v) is 6.34. The summed E-state index contributed by atoms with van der Waals surface area (Å²) in [7, 11) is 0. The van der Waals surface area contributed by atoms with Gasteiger partial charge in [0, 0.05) is 36.8 Å². The molecule has 0 aliphatic carbocycles. The zero-order valence-corrected chi connectivity index (χ0v) is 15.4. The summed E-state index contributed by atoms with van der Waals surface area (Å²) in [5.74, 6) is 0.465. The average molecular weight is 373 g/mol. The fraction of sp³-hybridized carbons (Fsp3) is 0.300. The molecule has 1 amide bonds. The van der Waals surface area contributed by atoms with Crippen LogP contribution in [0.2, 0.25) is 5.02 Å². The van der Waals surface area contributed by atoms with E-state index in [2.05, 4.69) is 10.3 Å². The van der Waals surface area contributed by atoms with E-state index in [0.717, 1.165) is 17.5 Å². The number of fused-ring (bicyclic) bond motifs is 1. The lowest BCUT2D eigenvalue weighted by molar-refractivity contribution is 0.0944. The van der Waals surface area contributed by atoms with Crippen LogP contribution in [0.25, 0.3) is 11.1 Å². The van der Waals surface area contributed by atoms with E-state index in [9.17, 15) is 4.79 Å². The van der Waals surface area contributed by atoms with Gasteiger partial charge in [0.05, 0.1) is 0 Å². The molecule has 1 aromatic heterocycles. The zero-order valence-electron chi connectivity index (χ0n) is 14.6. The van der Waals surface area contributed by atoms with Crippen molar-refractivity contribution in [2.24, 2.45) is 0 Å². The Morgan fingerprint density at radius 2 is 2.15 bits per heavy atom. The highest BCUT2D eigenvalue weighted by molar-refractivity contribution is 6.30. The SMILES string of the molecule is CCOCCCNC(=O)c1ccc2nc(Cc3cccc(Cl)c3)oc2c1. The Labute approximate surface area is 157 Å². The van der Waals surface area contributed by atoms with Crippen LogP contribution in [0.5, 0.6) is 0 Å². The zero-order chi connectivity index (χ0) is 18.4. The molecule has 0 saturated carbocycles. The molecule has 1 N–H and O–H groups in total. The number of hydrogen-bond donors (Lipinski definition) is 1. The summed E-state index contributed by atoms with van der Waals surface area (Å²) >= 11 is 6.01. The fourth-order valence-electron chi connectivity index (χ4n) is 2.63. The topological polar surface area (TPSA) is 64.4 Å². The van der Waals surface area contributed by atoms with Gasteiger partial charge in [-0.2, -0.15) is 0 Å². The van der Waals surface area contributed by atoms with Gasteiger partial charge in [0.2, 0.25) is 0 Å². The quantitative estimate of drug-likeness (QED) is 0.601. The summed E-state index contributed by atoms with van der Waals surface area (Å²) in [5.41, 5.74) is 2.91. The number of hydrogen-bond acceptors (Lipinski definition) is 4. The smallest absolute Gasteiger partial charge is 0.251 e. The first kappa shape index (κ1) is 18.4. The van der Waals surface area contributed by atoms with Gasteiger partial charge < -0.3 is 14.5 Å². The van der Waals surface area contributed by atoms with Crippen LogP contribution >= 0.6 is 11.6 Å². The highest BCUT2D eigenvalue weighted by Crippen LogP contribution is 2.20. The monoisotopic (exact) mass is 372 g/mol. The Morgan fingerprint density at radius 3 is 2.96 bits per heavy atom. The number of nitrogens with one attached hydrogen (secondary N) is 1. The standard InChI is InChI=1S/C20H21ClN2O3/c1-2-25-10-4-9-22-20(24)15-7-8-17-18(13-15)26-19(23-17)12-14-5-3-6-16(21)11-14/h3,5-8,11,13H,2,4,9-10,12H2,1H3,(H,22,24). The molecule has 0 aliphatic rings. The van der Waals surface area contributed by atoms with E-state index in [4.69, 9.17) is 20.8 Å². The predicted molar refractivity (Wildman–Crippen MR) is 102 cm³/mol. The van der Waals surface area contributed by atoms with Crippen molar-refractivity contribution in [3.05, 3.63) is 64.5 Å². The van der Waals surface area contributed by atoms with Crippen molar-refractivity contribution in [2.75, 3.05) is 19.8 Å². The molecule has 0 radical (unpaired) electrons. The van der Waals surface area contributed by atoms with Crippen LogP contribution in [0.1, 0.15) is 35.2 Å². The van der Waals surface area contributed by atoms with E-state index < -0.39 is 0 Å². The number of oxazole rings is 1. The van der Waals surface area contributed by atoms with Crippen molar-refractivity contribution < 1.29 is 13.9 Å². The molecule has 0 unspecified atom stereocenters. The number of aromatic nitrogens is 1. The van der Waals surface area contributed by atoms with E-state index in [1.807, 2.05) is 31.2 Å². The lowest BCUT2D eigenvalue weighted by Crippen LogP contribution is -2.25. The molecule has 3 rings (SSSR count). The van der Waals surface area contributed by atoms with Crippen LogP contribution in [-0.4, -0.2) is 30.6 Å². The number of carbonyl (C=O) groups is 1. The summed E-state index contributed by atoms with van der Waals surface area (Å²) in [5, 5.41) is 3.56. The van der Waals surface area contributed by atoms with Crippen molar-refractivity contribution in [2.45, 2.75) is 19.8 Å². The molecule has 0 aliphatic heterocycles. The van der Waals surface area contributed by atoms with Crippen LogP contribution in [0.4, 0.5) is 0 Å². The van der Waals surface area contributed by atoms with Gasteiger partial charge >= 0.3 is 0 Å². The molecular weight excluding hydrogens is 352 g/mol. The van der Waals surface area contributed by atoms with Gasteiger partial charge in [-0.05, 0) is 49.2 Å². The van der Waals surface area contributed by atoms with Gasteiger partial charge in [0.15, 0.2) is 11.5 Å². The van der Waals surface area contributed by atoms with Gasteiger partial charge in [-0.15, -0.1) is 0 Å². The summed E-state index contributed by atoms with van der Waals surface area (Å²) in [4.78, 5) is 16.7. The Bertz CT molecular complexity index is 892. The maximum absolute atomic E-state index is 12.2. The van der Waals surface area contributed by atoms with Crippen molar-refractivity contribution in [1.29, 1.82) is 0 Å². The first-order valence-electron chi connectivity index (χ1n) is 8.65. The number of nitrogens with zero attached hydrogens (tertiary/aromatic N) is 1. The number of rotatable bonds is 8. The third-order valence-electron chi connectivity index (χ3n) is 3.89. The summed E-state index contributed by atoms with van der Waals surface area (Å²) in [6.07, 6.45) is 1.34. The van der Waals surface area contributed by atoms with Crippen LogP contribution < -0.4 is 5.32 Å². The van der Waals surface area contributed by atoms with E-state index in [1.165, 1.54) is 0 Å². The van der Waals surface area contributed by atoms with Crippen LogP contribution in [0, 0.1) is 0 Å². The van der Waals surface area contributed by atoms with Gasteiger partial charge in [-0.25, -0.2) is 4.98 Å². The molecular formula is C20H21ClN2O3. The van der Waals surface area contributed by atoms with Gasteiger partial charge in [-0.1, -0.05) is 23.7 Å². The Hall–Kier alpha value is -2.37. The normalized spacial score (nSPS) is 11.0. The Morgan fingerprint density at radius 1 is 1.27 bits per heavy atom. The first-order chi connectivity index (χ1) is 12.7. The van der Waals surface area contributed by atoms with Crippen LogP contribution in [0.15, 0.2) is 46.9 Å². The number of ether oxygens (including phenoxy) is 1. The van der Waals surface area contributed by atoms with Crippen LogP contribution in [-0.2, 0) is 11.2 Å². The fourth-order valence-corrected chi connectivity index (χ4v) is 2.85. The number of halogens is 1. The minimum Gasteiger partial charge on any atom is -0.440 e. The van der Waals surface area contributed by atoms with Crippen LogP contribution in [0.3, 0.4) is 0 Å². The Balaban J connectivity index is 1.66. The van der Waals surface area contributed by atoms with Crippen molar-refractivity contribution in [3.63, 3.8) is 0 Å². The molecule has 3 aromatic rings. The first-order valence-corrected chi connectivity index (χ1v) is 9.03. The predicted octanol–water partition coefficient (Wildman–Crippen LogP) is 4.23. The Kier molecular flexibility index (Phi) is 6.26. The summed E-state index contributed by atoms with van der Waals surface area (Å²) in [6.45, 7) is 3.86. The molecule has 0 saturated heterocycles. The van der Waals surface area contributed by atoms with E-state index in [0.29, 0.717) is 48.2 Å². The number of benzene rings is 2. The lowest BCUT2D eigenvalue weighted by Gasteiger charge is -2.05. The third kappa shape index (κ3) is 4.84. The molecule has 5 nitrogen and oxygen atoms in total. The maximum atomic E-state index is 12.2. The van der Waals surface area contributed by atoms with E-state index >= 15 is 0 Å². The van der Waals surface area contributed by atoms with E-state index in [-0.39, 0.29) is 5.91 Å². The molecule has 0 atom stereocenters. The largest absolute Gasteiger partial charge is 0.440 e. The minimum atomic E-state index is -0.129. The minimum absolute atomic E-state index is 0.129. The number of amides is 1. The van der Waals surface area contributed by atoms with Crippen molar-refractivity contribution >= 4 is 28.6 Å². The molecule has 1 heterocycles. The summed E-state index contributed by atoms with van der Waals surface area (Å²) < 4.78 is 11.1.